The smallest absolute Gasteiger partial charge is 0.306 e. The molecule has 138 valence electrons. The van der Waals surface area contributed by atoms with Gasteiger partial charge in [0, 0.05) is 32.3 Å². The number of benzene rings is 1. The Morgan fingerprint density at radius 3 is 3.08 bits per heavy atom. The van der Waals surface area contributed by atoms with Crippen molar-refractivity contribution >= 4 is 5.97 Å². The summed E-state index contributed by atoms with van der Waals surface area (Å²) in [6.45, 7) is 7.56. The maximum absolute atomic E-state index is 11.6. The Labute approximate surface area is 155 Å². The Hall–Kier alpha value is -2.40. The zero-order valence-corrected chi connectivity index (χ0v) is 15.5. The molecule has 0 amide bonds. The lowest BCUT2D eigenvalue weighted by Crippen LogP contribution is -2.26. The monoisotopic (exact) mass is 354 g/mol. The summed E-state index contributed by atoms with van der Waals surface area (Å²) in [5, 5.41) is 0. The normalized spacial score (nSPS) is 14.2. The van der Waals surface area contributed by atoms with Crippen LogP contribution in [0.5, 0.6) is 5.75 Å². The molecule has 0 unspecified atom stereocenters. The van der Waals surface area contributed by atoms with Gasteiger partial charge in [-0.15, -0.1) is 0 Å². The van der Waals surface area contributed by atoms with Crippen molar-refractivity contribution in [2.75, 3.05) is 19.8 Å². The van der Waals surface area contributed by atoms with E-state index in [1.165, 1.54) is 16.7 Å². The fourth-order valence-corrected chi connectivity index (χ4v) is 3.16. The van der Waals surface area contributed by atoms with Crippen LogP contribution in [0.4, 0.5) is 0 Å². The van der Waals surface area contributed by atoms with E-state index in [0.29, 0.717) is 26.1 Å². The van der Waals surface area contributed by atoms with Gasteiger partial charge in [0.25, 0.3) is 0 Å². The number of pyridine rings is 1. The third-order valence-corrected chi connectivity index (χ3v) is 4.62. The molecule has 0 bridgehead atoms. The van der Waals surface area contributed by atoms with Gasteiger partial charge in [-0.25, -0.2) is 0 Å². The van der Waals surface area contributed by atoms with Crippen molar-refractivity contribution in [1.29, 1.82) is 0 Å². The number of hydrogen-bond donors (Lipinski definition) is 0. The quantitative estimate of drug-likeness (QED) is 0.745. The maximum Gasteiger partial charge on any atom is 0.306 e. The van der Waals surface area contributed by atoms with Crippen LogP contribution in [-0.4, -0.2) is 35.6 Å². The lowest BCUT2D eigenvalue weighted by atomic mass is 10.0. The first-order valence-electron chi connectivity index (χ1n) is 9.18. The number of nitrogens with zero attached hydrogens (tertiary/aromatic N) is 2. The number of aryl methyl sites for hydroxylation is 2. The van der Waals surface area contributed by atoms with Crippen molar-refractivity contribution in [2.24, 2.45) is 0 Å². The Morgan fingerprint density at radius 1 is 1.35 bits per heavy atom. The highest BCUT2D eigenvalue weighted by atomic mass is 16.5. The second kappa shape index (κ2) is 8.81. The summed E-state index contributed by atoms with van der Waals surface area (Å²) in [5.74, 6) is 0.747. The first kappa shape index (κ1) is 18.4. The fourth-order valence-electron chi connectivity index (χ4n) is 3.16. The van der Waals surface area contributed by atoms with E-state index < -0.39 is 0 Å². The Morgan fingerprint density at radius 2 is 2.23 bits per heavy atom. The number of carbonyl (C=O) groups excluding carboxylic acids is 1. The van der Waals surface area contributed by atoms with Gasteiger partial charge in [0.1, 0.15) is 12.4 Å². The summed E-state index contributed by atoms with van der Waals surface area (Å²) in [6.07, 6.45) is 2.94. The standard InChI is InChI=1S/C21H26N2O3/c1-3-25-21(24)9-8-17-7-6-16(2)18(13-17)14-23-11-12-26-20-5-4-10-22-19(20)15-23/h4-7,10,13H,3,8-9,11-12,14-15H2,1-2H3. The number of esters is 1. The van der Waals surface area contributed by atoms with Crippen molar-refractivity contribution in [3.8, 4) is 5.75 Å². The van der Waals surface area contributed by atoms with Crippen LogP contribution in [0.25, 0.3) is 0 Å². The van der Waals surface area contributed by atoms with Gasteiger partial charge in [-0.1, -0.05) is 18.2 Å². The minimum absolute atomic E-state index is 0.137. The minimum Gasteiger partial charge on any atom is -0.490 e. The topological polar surface area (TPSA) is 51.7 Å². The van der Waals surface area contributed by atoms with E-state index in [9.17, 15) is 4.79 Å². The van der Waals surface area contributed by atoms with Gasteiger partial charge >= 0.3 is 5.97 Å². The Balaban J connectivity index is 1.67. The number of carbonyl (C=O) groups is 1. The molecular formula is C21H26N2O3. The van der Waals surface area contributed by atoms with E-state index in [2.05, 4.69) is 35.0 Å². The summed E-state index contributed by atoms with van der Waals surface area (Å²) in [7, 11) is 0. The van der Waals surface area contributed by atoms with Crippen LogP contribution in [0.3, 0.4) is 0 Å². The van der Waals surface area contributed by atoms with Gasteiger partial charge in [-0.2, -0.15) is 0 Å². The van der Waals surface area contributed by atoms with Gasteiger partial charge in [0.05, 0.1) is 12.3 Å². The van der Waals surface area contributed by atoms with Gasteiger partial charge in [0.15, 0.2) is 0 Å². The molecule has 1 aromatic heterocycles. The van der Waals surface area contributed by atoms with Crippen molar-refractivity contribution in [3.05, 3.63) is 58.9 Å². The van der Waals surface area contributed by atoms with Gasteiger partial charge in [-0.3, -0.25) is 14.7 Å². The molecule has 1 aromatic carbocycles. The van der Waals surface area contributed by atoms with Crippen molar-refractivity contribution in [2.45, 2.75) is 39.8 Å². The second-order valence-corrected chi connectivity index (χ2v) is 6.57. The number of hydrogen-bond acceptors (Lipinski definition) is 5. The van der Waals surface area contributed by atoms with Crippen LogP contribution in [0.1, 0.15) is 35.7 Å². The number of rotatable bonds is 6. The molecule has 0 saturated carbocycles. The Bertz CT molecular complexity index is 761. The van der Waals surface area contributed by atoms with Gasteiger partial charge in [0.2, 0.25) is 0 Å². The predicted molar refractivity (Wildman–Crippen MR) is 100.0 cm³/mol. The molecule has 0 atom stereocenters. The van der Waals surface area contributed by atoms with E-state index in [1.807, 2.05) is 25.3 Å². The SMILES string of the molecule is CCOC(=O)CCc1ccc(C)c(CN2CCOc3cccnc3C2)c1. The first-order valence-corrected chi connectivity index (χ1v) is 9.18. The highest BCUT2D eigenvalue weighted by molar-refractivity contribution is 5.69. The van der Waals surface area contributed by atoms with E-state index in [4.69, 9.17) is 9.47 Å². The van der Waals surface area contributed by atoms with Gasteiger partial charge < -0.3 is 9.47 Å². The average Bonchev–Trinajstić information content (AvgIpc) is 2.84. The second-order valence-electron chi connectivity index (χ2n) is 6.57. The van der Waals surface area contributed by atoms with Crippen LogP contribution in [0, 0.1) is 6.92 Å². The zero-order valence-electron chi connectivity index (χ0n) is 15.5. The minimum atomic E-state index is -0.137. The summed E-state index contributed by atoms with van der Waals surface area (Å²) in [4.78, 5) is 18.4. The molecule has 1 aliphatic heterocycles. The van der Waals surface area contributed by atoms with Crippen LogP contribution in [-0.2, 0) is 29.0 Å². The molecule has 3 rings (SSSR count). The molecule has 0 aliphatic carbocycles. The molecular weight excluding hydrogens is 328 g/mol. The van der Waals surface area contributed by atoms with Crippen molar-refractivity contribution in [1.82, 2.24) is 9.88 Å². The highest BCUT2D eigenvalue weighted by Gasteiger charge is 2.17. The molecule has 0 radical (unpaired) electrons. The maximum atomic E-state index is 11.6. The summed E-state index contributed by atoms with van der Waals surface area (Å²) < 4.78 is 10.8. The molecule has 5 heteroatoms. The molecule has 1 aliphatic rings. The summed E-state index contributed by atoms with van der Waals surface area (Å²) in [6, 6.07) is 10.3. The van der Waals surface area contributed by atoms with Crippen molar-refractivity contribution < 1.29 is 14.3 Å². The summed E-state index contributed by atoms with van der Waals surface area (Å²) in [5.41, 5.74) is 4.70. The van der Waals surface area contributed by atoms with E-state index >= 15 is 0 Å². The summed E-state index contributed by atoms with van der Waals surface area (Å²) >= 11 is 0. The van der Waals surface area contributed by atoms with E-state index in [1.54, 1.807) is 0 Å². The van der Waals surface area contributed by atoms with Gasteiger partial charge in [-0.05, 0) is 49.1 Å². The fraction of sp³-hybridized carbons (Fsp3) is 0.429. The lowest BCUT2D eigenvalue weighted by molar-refractivity contribution is -0.143. The highest BCUT2D eigenvalue weighted by Crippen LogP contribution is 2.22. The molecule has 0 N–H and O–H groups in total. The third-order valence-electron chi connectivity index (χ3n) is 4.62. The molecule has 5 nitrogen and oxygen atoms in total. The van der Waals surface area contributed by atoms with Crippen LogP contribution in [0.15, 0.2) is 36.5 Å². The van der Waals surface area contributed by atoms with Crippen LogP contribution >= 0.6 is 0 Å². The Kier molecular flexibility index (Phi) is 6.23. The van der Waals surface area contributed by atoms with E-state index in [0.717, 1.165) is 31.1 Å². The molecule has 2 heterocycles. The largest absolute Gasteiger partial charge is 0.490 e. The molecule has 0 saturated heterocycles. The number of ether oxygens (including phenoxy) is 2. The number of aromatic nitrogens is 1. The lowest BCUT2D eigenvalue weighted by Gasteiger charge is -2.20. The number of fused-ring (bicyclic) bond motifs is 1. The van der Waals surface area contributed by atoms with Crippen LogP contribution < -0.4 is 4.74 Å². The molecule has 26 heavy (non-hydrogen) atoms. The predicted octanol–water partition coefficient (Wildman–Crippen LogP) is 3.28. The molecule has 2 aromatic rings. The molecule has 0 fully saturated rings. The van der Waals surface area contributed by atoms with Crippen LogP contribution in [0.2, 0.25) is 0 Å². The zero-order chi connectivity index (χ0) is 18.4. The third kappa shape index (κ3) is 4.82. The first-order chi connectivity index (χ1) is 12.7. The average molecular weight is 354 g/mol. The molecule has 0 spiro atoms. The van der Waals surface area contributed by atoms with E-state index in [-0.39, 0.29) is 5.97 Å². The van der Waals surface area contributed by atoms with Crippen molar-refractivity contribution in [3.63, 3.8) is 0 Å².